The van der Waals surface area contributed by atoms with Gasteiger partial charge in [-0.05, 0) is 49.7 Å². The molecule has 2 N–H and O–H groups in total. The van der Waals surface area contributed by atoms with Gasteiger partial charge >= 0.3 is 0 Å². The van der Waals surface area contributed by atoms with Crippen molar-refractivity contribution < 1.29 is 14.2 Å². The second kappa shape index (κ2) is 7.18. The molecular formula is C25H25N5O3. The van der Waals surface area contributed by atoms with Crippen molar-refractivity contribution in [2.24, 2.45) is 10.7 Å². The number of ether oxygens (including phenoxy) is 3. The smallest absolute Gasteiger partial charge is 0.283 e. The summed E-state index contributed by atoms with van der Waals surface area (Å²) in [5.41, 5.74) is 9.93. The zero-order valence-corrected chi connectivity index (χ0v) is 18.6. The van der Waals surface area contributed by atoms with Gasteiger partial charge in [-0.1, -0.05) is 6.07 Å². The largest absolute Gasteiger partial charge is 0.462 e. The van der Waals surface area contributed by atoms with E-state index < -0.39 is 5.54 Å². The van der Waals surface area contributed by atoms with Crippen LogP contribution in [-0.2, 0) is 15.0 Å². The van der Waals surface area contributed by atoms with Crippen LogP contribution in [-0.4, -0.2) is 47.9 Å². The molecule has 1 spiro atoms. The fourth-order valence-electron chi connectivity index (χ4n) is 4.90. The van der Waals surface area contributed by atoms with Gasteiger partial charge in [0.2, 0.25) is 0 Å². The lowest BCUT2D eigenvalue weighted by atomic mass is 9.80. The molecule has 6 rings (SSSR count). The van der Waals surface area contributed by atoms with E-state index in [2.05, 4.69) is 46.9 Å². The molecule has 1 aromatic heterocycles. The third-order valence-electron chi connectivity index (χ3n) is 6.47. The molecule has 3 aliphatic heterocycles. The fourth-order valence-corrected chi connectivity index (χ4v) is 4.90. The normalized spacial score (nSPS) is 22.7. The molecule has 1 saturated heterocycles. The van der Waals surface area contributed by atoms with E-state index in [1.54, 1.807) is 12.4 Å². The summed E-state index contributed by atoms with van der Waals surface area (Å²) in [5.74, 6) is 1.50. The van der Waals surface area contributed by atoms with Crippen molar-refractivity contribution in [1.29, 1.82) is 0 Å². The summed E-state index contributed by atoms with van der Waals surface area (Å²) in [6.07, 6.45) is 5.10. The summed E-state index contributed by atoms with van der Waals surface area (Å²) in [4.78, 5) is 15.5. The first-order valence-electron chi connectivity index (χ1n) is 11.0. The number of hydrogen-bond acceptors (Lipinski definition) is 8. The first-order chi connectivity index (χ1) is 15.9. The first kappa shape index (κ1) is 20.0. The topological polar surface area (TPSA) is 95.1 Å². The first-order valence-corrected chi connectivity index (χ1v) is 11.0. The number of aromatic nitrogens is 2. The molecule has 1 fully saturated rings. The number of anilines is 1. The van der Waals surface area contributed by atoms with Crippen molar-refractivity contribution in [3.63, 3.8) is 0 Å². The van der Waals surface area contributed by atoms with Gasteiger partial charge in [0.25, 0.3) is 6.02 Å². The van der Waals surface area contributed by atoms with Gasteiger partial charge in [0, 0.05) is 47.9 Å². The summed E-state index contributed by atoms with van der Waals surface area (Å²) in [7, 11) is 0. The Labute approximate surface area is 192 Å². The molecule has 1 atom stereocenters. The fraction of sp³-hybridized carbons (Fsp3) is 0.320. The highest BCUT2D eigenvalue weighted by atomic mass is 16.5. The van der Waals surface area contributed by atoms with E-state index in [9.17, 15) is 0 Å². The van der Waals surface area contributed by atoms with Crippen LogP contribution in [0.15, 0.2) is 60.1 Å². The standard InChI is InChI=1S/C25H25N5O3/c1-24(2)13-30(7-8-32-24)18-4-6-22-20(10-18)25(14-31-23(26)29-25)19-9-16(3-5-21(19)33-22)17-11-27-15-28-12-17/h3-6,9-12,15H,7-8,13-14H2,1-2H3,(H2,26,29)/t25-/m0/s1. The van der Waals surface area contributed by atoms with Crippen molar-refractivity contribution in [1.82, 2.24) is 9.97 Å². The molecule has 8 heteroatoms. The summed E-state index contributed by atoms with van der Waals surface area (Å²) >= 11 is 0. The Bertz CT molecular complexity index is 1260. The van der Waals surface area contributed by atoms with Gasteiger partial charge in [-0.2, -0.15) is 0 Å². The van der Waals surface area contributed by atoms with E-state index in [0.29, 0.717) is 13.2 Å². The SMILES string of the molecule is CC1(C)CN(c2ccc3c(c2)[C@]2(COC(N)=N2)c2cc(-c4cncnc4)ccc2O3)CCO1. The summed E-state index contributed by atoms with van der Waals surface area (Å²) in [6, 6.07) is 12.5. The number of aliphatic imine (C=N–C) groups is 1. The molecule has 3 aliphatic rings. The number of amidine groups is 1. The van der Waals surface area contributed by atoms with E-state index >= 15 is 0 Å². The van der Waals surface area contributed by atoms with Crippen molar-refractivity contribution in [3.8, 4) is 22.6 Å². The quantitative estimate of drug-likeness (QED) is 0.648. The molecule has 8 nitrogen and oxygen atoms in total. The van der Waals surface area contributed by atoms with Crippen LogP contribution in [0.4, 0.5) is 5.69 Å². The predicted molar refractivity (Wildman–Crippen MR) is 125 cm³/mol. The maximum atomic E-state index is 6.33. The van der Waals surface area contributed by atoms with Crippen molar-refractivity contribution in [2.45, 2.75) is 25.0 Å². The highest BCUT2D eigenvalue weighted by molar-refractivity contribution is 5.78. The minimum Gasteiger partial charge on any atom is -0.462 e. The third-order valence-corrected chi connectivity index (χ3v) is 6.47. The van der Waals surface area contributed by atoms with Crippen molar-refractivity contribution in [2.75, 3.05) is 31.2 Å². The number of hydrogen-bond donors (Lipinski definition) is 1. The van der Waals surface area contributed by atoms with Gasteiger partial charge in [0.1, 0.15) is 24.4 Å². The summed E-state index contributed by atoms with van der Waals surface area (Å²) in [5, 5.41) is 0. The highest BCUT2D eigenvalue weighted by Gasteiger charge is 2.47. The Balaban J connectivity index is 1.48. The Kier molecular flexibility index (Phi) is 4.35. The Morgan fingerprint density at radius 2 is 1.73 bits per heavy atom. The van der Waals surface area contributed by atoms with Crippen LogP contribution in [0, 0.1) is 0 Å². The lowest BCUT2D eigenvalue weighted by Crippen LogP contribution is -2.48. The molecule has 0 aliphatic carbocycles. The van der Waals surface area contributed by atoms with Gasteiger partial charge < -0.3 is 24.8 Å². The third kappa shape index (κ3) is 3.29. The van der Waals surface area contributed by atoms with Crippen LogP contribution >= 0.6 is 0 Å². The Hall–Kier alpha value is -3.65. The average molecular weight is 444 g/mol. The average Bonchev–Trinajstić information content (AvgIpc) is 3.21. The lowest BCUT2D eigenvalue weighted by molar-refractivity contribution is -0.0277. The molecule has 168 valence electrons. The van der Waals surface area contributed by atoms with Crippen molar-refractivity contribution >= 4 is 11.7 Å². The maximum absolute atomic E-state index is 6.33. The number of rotatable bonds is 2. The number of nitrogens with two attached hydrogens (primary N) is 1. The molecule has 2 aromatic carbocycles. The molecule has 0 amide bonds. The Morgan fingerprint density at radius 1 is 0.970 bits per heavy atom. The summed E-state index contributed by atoms with van der Waals surface area (Å²) < 4.78 is 18.0. The van der Waals surface area contributed by atoms with Gasteiger partial charge in [-0.25, -0.2) is 15.0 Å². The van der Waals surface area contributed by atoms with Crippen LogP contribution in [0.25, 0.3) is 11.1 Å². The number of benzene rings is 2. The van der Waals surface area contributed by atoms with Crippen LogP contribution in [0.3, 0.4) is 0 Å². The highest BCUT2D eigenvalue weighted by Crippen LogP contribution is 2.52. The van der Waals surface area contributed by atoms with Crippen LogP contribution < -0.4 is 15.4 Å². The van der Waals surface area contributed by atoms with Crippen molar-refractivity contribution in [3.05, 3.63) is 66.2 Å². The minimum atomic E-state index is -0.781. The molecule has 4 heterocycles. The Morgan fingerprint density at radius 3 is 2.45 bits per heavy atom. The zero-order chi connectivity index (χ0) is 22.6. The molecule has 0 unspecified atom stereocenters. The zero-order valence-electron chi connectivity index (χ0n) is 18.6. The second-order valence-electron chi connectivity index (χ2n) is 9.25. The van der Waals surface area contributed by atoms with E-state index in [0.717, 1.165) is 52.5 Å². The lowest BCUT2D eigenvalue weighted by Gasteiger charge is -2.40. The van der Waals surface area contributed by atoms with Gasteiger partial charge in [-0.15, -0.1) is 0 Å². The van der Waals surface area contributed by atoms with Crippen LogP contribution in [0.5, 0.6) is 11.5 Å². The van der Waals surface area contributed by atoms with Gasteiger partial charge in [0.05, 0.1) is 12.2 Å². The molecule has 3 aromatic rings. The predicted octanol–water partition coefficient (Wildman–Crippen LogP) is 3.45. The van der Waals surface area contributed by atoms with E-state index in [-0.39, 0.29) is 11.6 Å². The number of fused-ring (bicyclic) bond motifs is 4. The monoisotopic (exact) mass is 443 g/mol. The van der Waals surface area contributed by atoms with E-state index in [4.69, 9.17) is 24.9 Å². The van der Waals surface area contributed by atoms with Crippen LogP contribution in [0.1, 0.15) is 25.0 Å². The molecule has 0 radical (unpaired) electrons. The molecule has 0 saturated carbocycles. The maximum Gasteiger partial charge on any atom is 0.283 e. The number of nitrogens with zero attached hydrogens (tertiary/aromatic N) is 4. The molecular weight excluding hydrogens is 418 g/mol. The van der Waals surface area contributed by atoms with E-state index in [1.807, 2.05) is 18.2 Å². The van der Waals surface area contributed by atoms with Crippen LogP contribution in [0.2, 0.25) is 0 Å². The summed E-state index contributed by atoms with van der Waals surface area (Å²) in [6.45, 7) is 6.86. The van der Waals surface area contributed by atoms with Gasteiger partial charge in [0.15, 0.2) is 5.54 Å². The van der Waals surface area contributed by atoms with Gasteiger partial charge in [-0.3, -0.25) is 0 Å². The minimum absolute atomic E-state index is 0.181. The number of morpholine rings is 1. The molecule has 0 bridgehead atoms. The second-order valence-corrected chi connectivity index (χ2v) is 9.25. The van der Waals surface area contributed by atoms with E-state index in [1.165, 1.54) is 6.33 Å². The molecule has 33 heavy (non-hydrogen) atoms.